The number of rotatable bonds is 3. The lowest BCUT2D eigenvalue weighted by atomic mass is 10.0. The summed E-state index contributed by atoms with van der Waals surface area (Å²) >= 11 is 0. The Morgan fingerprint density at radius 1 is 1.47 bits per heavy atom. The maximum absolute atomic E-state index is 12.0. The van der Waals surface area contributed by atoms with Crippen molar-refractivity contribution < 1.29 is 14.7 Å². The average Bonchev–Trinajstić information content (AvgIpc) is 2.56. The van der Waals surface area contributed by atoms with E-state index < -0.39 is 17.4 Å². The third kappa shape index (κ3) is 2.30. The summed E-state index contributed by atoms with van der Waals surface area (Å²) in [7, 11) is 3.19. The Balaban J connectivity index is 3.02. The molecule has 0 aliphatic carbocycles. The number of carboxylic acids is 1. The lowest BCUT2D eigenvalue weighted by Gasteiger charge is -2.30. The van der Waals surface area contributed by atoms with E-state index in [-0.39, 0.29) is 5.69 Å². The quantitative estimate of drug-likeness (QED) is 0.841. The van der Waals surface area contributed by atoms with Gasteiger partial charge in [0, 0.05) is 19.8 Å². The molecule has 94 valence electrons. The molecule has 1 rings (SSSR count). The van der Waals surface area contributed by atoms with Crippen molar-refractivity contribution in [3.05, 3.63) is 17.5 Å². The van der Waals surface area contributed by atoms with E-state index in [2.05, 4.69) is 5.10 Å². The van der Waals surface area contributed by atoms with Crippen LogP contribution in [0.2, 0.25) is 0 Å². The van der Waals surface area contributed by atoms with Gasteiger partial charge >= 0.3 is 5.97 Å². The molecule has 0 aliphatic heterocycles. The summed E-state index contributed by atoms with van der Waals surface area (Å²) in [6.07, 6.45) is 0. The van der Waals surface area contributed by atoms with Gasteiger partial charge in [0.2, 0.25) is 0 Å². The summed E-state index contributed by atoms with van der Waals surface area (Å²) in [5.41, 5.74) is -0.167. The van der Waals surface area contributed by atoms with Crippen molar-refractivity contribution in [1.29, 1.82) is 0 Å². The van der Waals surface area contributed by atoms with Crippen LogP contribution in [0.5, 0.6) is 0 Å². The number of likely N-dealkylation sites (N-methyl/N-ethyl adjacent to an activating group) is 1. The Morgan fingerprint density at radius 2 is 2.00 bits per heavy atom. The highest BCUT2D eigenvalue weighted by Gasteiger charge is 2.36. The Hall–Kier alpha value is -1.85. The van der Waals surface area contributed by atoms with Gasteiger partial charge in [-0.05, 0) is 26.8 Å². The molecule has 0 aliphatic rings. The minimum absolute atomic E-state index is 0.252. The lowest BCUT2D eigenvalue weighted by molar-refractivity contribution is -0.147. The van der Waals surface area contributed by atoms with Crippen molar-refractivity contribution in [2.75, 3.05) is 7.05 Å². The number of carbonyl (C=O) groups is 2. The van der Waals surface area contributed by atoms with Gasteiger partial charge in [-0.25, -0.2) is 4.79 Å². The second-order valence-electron chi connectivity index (χ2n) is 4.52. The van der Waals surface area contributed by atoms with Gasteiger partial charge in [0.25, 0.3) is 5.91 Å². The number of aromatic nitrogens is 2. The number of nitrogens with zero attached hydrogens (tertiary/aromatic N) is 3. The molecule has 6 heteroatoms. The second-order valence-corrected chi connectivity index (χ2v) is 4.52. The van der Waals surface area contributed by atoms with Gasteiger partial charge in [0.05, 0.1) is 0 Å². The van der Waals surface area contributed by atoms with Gasteiger partial charge in [-0.15, -0.1) is 0 Å². The normalized spacial score (nSPS) is 11.4. The fourth-order valence-corrected chi connectivity index (χ4v) is 1.23. The zero-order valence-corrected chi connectivity index (χ0v) is 10.7. The number of amides is 1. The van der Waals surface area contributed by atoms with Gasteiger partial charge in [0.1, 0.15) is 5.54 Å². The van der Waals surface area contributed by atoms with Crippen LogP contribution in [0.1, 0.15) is 30.0 Å². The zero-order valence-electron chi connectivity index (χ0n) is 10.7. The summed E-state index contributed by atoms with van der Waals surface area (Å²) in [4.78, 5) is 24.3. The lowest BCUT2D eigenvalue weighted by Crippen LogP contribution is -2.50. The molecular weight excluding hydrogens is 222 g/mol. The van der Waals surface area contributed by atoms with E-state index in [1.54, 1.807) is 17.8 Å². The monoisotopic (exact) mass is 239 g/mol. The van der Waals surface area contributed by atoms with Crippen molar-refractivity contribution in [3.8, 4) is 0 Å². The molecule has 1 aromatic heterocycles. The van der Waals surface area contributed by atoms with Gasteiger partial charge in [-0.2, -0.15) is 5.10 Å². The number of hydrogen-bond acceptors (Lipinski definition) is 3. The smallest absolute Gasteiger partial charge is 0.329 e. The van der Waals surface area contributed by atoms with Gasteiger partial charge in [-0.3, -0.25) is 9.48 Å². The fourth-order valence-electron chi connectivity index (χ4n) is 1.23. The summed E-state index contributed by atoms with van der Waals surface area (Å²) in [5.74, 6) is -1.46. The van der Waals surface area contributed by atoms with Crippen LogP contribution in [-0.4, -0.2) is 44.3 Å². The third-order valence-electron chi connectivity index (χ3n) is 3.00. The first kappa shape index (κ1) is 13.2. The highest BCUT2D eigenvalue weighted by atomic mass is 16.4. The van der Waals surface area contributed by atoms with E-state index in [9.17, 15) is 9.59 Å². The SMILES string of the molecule is Cc1cc(C(=O)N(C)C(C)(C)C(=O)O)nn1C. The third-order valence-corrected chi connectivity index (χ3v) is 3.00. The predicted molar refractivity (Wildman–Crippen MR) is 61.8 cm³/mol. The second kappa shape index (κ2) is 4.20. The van der Waals surface area contributed by atoms with E-state index in [1.165, 1.54) is 25.8 Å². The first-order valence-electron chi connectivity index (χ1n) is 5.20. The predicted octanol–water partition coefficient (Wildman–Crippen LogP) is 0.664. The molecule has 0 fully saturated rings. The maximum atomic E-state index is 12.0. The van der Waals surface area contributed by atoms with Crippen LogP contribution in [0.15, 0.2) is 6.07 Å². The molecule has 0 bridgehead atoms. The summed E-state index contributed by atoms with van der Waals surface area (Å²) in [6, 6.07) is 1.64. The minimum atomic E-state index is -1.26. The van der Waals surface area contributed by atoms with Crippen LogP contribution in [0.25, 0.3) is 0 Å². The topological polar surface area (TPSA) is 75.4 Å². The van der Waals surface area contributed by atoms with E-state index in [0.29, 0.717) is 0 Å². The molecule has 0 unspecified atom stereocenters. The van der Waals surface area contributed by atoms with Crippen LogP contribution in [0.3, 0.4) is 0 Å². The molecular formula is C11H17N3O3. The first-order chi connectivity index (χ1) is 7.67. The van der Waals surface area contributed by atoms with Crippen molar-refractivity contribution in [2.24, 2.45) is 7.05 Å². The first-order valence-corrected chi connectivity index (χ1v) is 5.20. The van der Waals surface area contributed by atoms with Crippen LogP contribution < -0.4 is 0 Å². The number of aryl methyl sites for hydroxylation is 2. The molecule has 0 radical (unpaired) electrons. The Morgan fingerprint density at radius 3 is 2.35 bits per heavy atom. The molecule has 0 aromatic carbocycles. The zero-order chi connectivity index (χ0) is 13.4. The number of carbonyl (C=O) groups excluding carboxylic acids is 1. The molecule has 1 N–H and O–H groups in total. The molecule has 1 amide bonds. The number of aliphatic carboxylic acids is 1. The summed E-state index contributed by atoms with van der Waals surface area (Å²) in [5, 5.41) is 13.1. The van der Waals surface area contributed by atoms with E-state index in [1.807, 2.05) is 6.92 Å². The molecule has 0 saturated carbocycles. The van der Waals surface area contributed by atoms with Gasteiger partial charge in [-0.1, -0.05) is 0 Å². The summed E-state index contributed by atoms with van der Waals surface area (Å²) in [6.45, 7) is 4.78. The van der Waals surface area contributed by atoms with Crippen LogP contribution >= 0.6 is 0 Å². The minimum Gasteiger partial charge on any atom is -0.480 e. The number of hydrogen-bond donors (Lipinski definition) is 1. The number of carboxylic acid groups (broad SMARTS) is 1. The van der Waals surface area contributed by atoms with Crippen molar-refractivity contribution in [2.45, 2.75) is 26.3 Å². The molecule has 17 heavy (non-hydrogen) atoms. The van der Waals surface area contributed by atoms with Crippen LogP contribution in [0.4, 0.5) is 0 Å². The highest BCUT2D eigenvalue weighted by Crippen LogP contribution is 2.16. The Kier molecular flexibility index (Phi) is 3.26. The Labute approximate surface area is 99.8 Å². The molecule has 1 aromatic rings. The van der Waals surface area contributed by atoms with Crippen molar-refractivity contribution in [1.82, 2.24) is 14.7 Å². The maximum Gasteiger partial charge on any atom is 0.329 e. The largest absolute Gasteiger partial charge is 0.480 e. The molecule has 1 heterocycles. The highest BCUT2D eigenvalue weighted by molar-refractivity contribution is 5.96. The molecule has 0 atom stereocenters. The summed E-state index contributed by atoms with van der Waals surface area (Å²) < 4.78 is 1.58. The molecule has 0 saturated heterocycles. The van der Waals surface area contributed by atoms with Gasteiger partial charge in [0.15, 0.2) is 5.69 Å². The van der Waals surface area contributed by atoms with Gasteiger partial charge < -0.3 is 10.0 Å². The fraction of sp³-hybridized carbons (Fsp3) is 0.545. The standard InChI is InChI=1S/C11H17N3O3/c1-7-6-8(12-14(7)5)9(15)13(4)11(2,3)10(16)17/h6H,1-5H3,(H,16,17). The van der Waals surface area contributed by atoms with Crippen LogP contribution in [-0.2, 0) is 11.8 Å². The molecule has 0 spiro atoms. The average molecular weight is 239 g/mol. The van der Waals surface area contributed by atoms with E-state index >= 15 is 0 Å². The van der Waals surface area contributed by atoms with Crippen molar-refractivity contribution in [3.63, 3.8) is 0 Å². The van der Waals surface area contributed by atoms with Crippen molar-refractivity contribution >= 4 is 11.9 Å². The molecule has 6 nitrogen and oxygen atoms in total. The van der Waals surface area contributed by atoms with Crippen LogP contribution in [0, 0.1) is 6.92 Å². The van der Waals surface area contributed by atoms with E-state index in [0.717, 1.165) is 5.69 Å². The Bertz CT molecular complexity index is 443. The van der Waals surface area contributed by atoms with E-state index in [4.69, 9.17) is 5.11 Å².